The molecule has 0 saturated heterocycles. The number of carbonyl (C=O) groups is 1. The average molecular weight is 253 g/mol. The topological polar surface area (TPSA) is 50.7 Å². The molecule has 1 heterocycles. The minimum atomic E-state index is -0.501. The molecule has 0 saturated carbocycles. The summed E-state index contributed by atoms with van der Waals surface area (Å²) in [5, 5.41) is 0.561. The van der Waals surface area contributed by atoms with Crippen LogP contribution < -0.4 is 10.3 Å². The number of ketones is 1. The quantitative estimate of drug-likeness (QED) is 0.836. The molecule has 0 unspecified atom stereocenters. The first-order chi connectivity index (χ1) is 7.88. The molecule has 0 atom stereocenters. The normalized spacial score (nSPS) is 14.2. The van der Waals surface area contributed by atoms with Gasteiger partial charge >= 0.3 is 0 Å². The standard InChI is InChI=1S/C12H13ClN2O2/c1-12(2,3)10(16)11-14-8-5-4-7(13)6-9(8)17-15-11/h4-6H,1-3H3,(H,14,15). The van der Waals surface area contributed by atoms with Crippen molar-refractivity contribution in [1.82, 2.24) is 5.48 Å². The Labute approximate surface area is 105 Å². The largest absolute Gasteiger partial charge is 0.378 e. The minimum Gasteiger partial charge on any atom is -0.378 e. The second-order valence-electron chi connectivity index (χ2n) is 4.86. The van der Waals surface area contributed by atoms with E-state index in [2.05, 4.69) is 10.5 Å². The van der Waals surface area contributed by atoms with Gasteiger partial charge in [0.15, 0.2) is 5.75 Å². The highest BCUT2D eigenvalue weighted by Crippen LogP contribution is 2.32. The van der Waals surface area contributed by atoms with Crippen molar-refractivity contribution in [2.45, 2.75) is 20.8 Å². The van der Waals surface area contributed by atoms with Gasteiger partial charge in [0, 0.05) is 16.5 Å². The van der Waals surface area contributed by atoms with Crippen LogP contribution in [-0.2, 0) is 4.79 Å². The van der Waals surface area contributed by atoms with Gasteiger partial charge in [-0.3, -0.25) is 4.79 Å². The molecule has 2 rings (SSSR count). The summed E-state index contributed by atoms with van der Waals surface area (Å²) < 4.78 is 0. The maximum Gasteiger partial charge on any atom is 0.206 e. The van der Waals surface area contributed by atoms with E-state index in [1.807, 2.05) is 20.8 Å². The molecule has 0 aromatic heterocycles. The van der Waals surface area contributed by atoms with Crippen molar-refractivity contribution in [1.29, 1.82) is 0 Å². The van der Waals surface area contributed by atoms with E-state index in [1.54, 1.807) is 18.2 Å². The molecule has 90 valence electrons. The molecule has 5 heteroatoms. The first-order valence-electron chi connectivity index (χ1n) is 5.24. The smallest absolute Gasteiger partial charge is 0.206 e. The number of Topliss-reactive ketones (excluding diaryl/α,β-unsaturated/α-hetero) is 1. The van der Waals surface area contributed by atoms with Crippen molar-refractivity contribution in [2.24, 2.45) is 10.4 Å². The molecule has 1 aliphatic heterocycles. The fourth-order valence-corrected chi connectivity index (χ4v) is 1.52. The number of benzene rings is 1. The molecule has 0 aliphatic carbocycles. The molecule has 0 radical (unpaired) electrons. The molecule has 1 aromatic rings. The highest BCUT2D eigenvalue weighted by atomic mass is 35.5. The van der Waals surface area contributed by atoms with Crippen LogP contribution in [0.5, 0.6) is 5.75 Å². The van der Waals surface area contributed by atoms with Crippen molar-refractivity contribution in [2.75, 3.05) is 0 Å². The molecule has 0 fully saturated rings. The zero-order valence-electron chi connectivity index (χ0n) is 9.87. The van der Waals surface area contributed by atoms with E-state index >= 15 is 0 Å². The fourth-order valence-electron chi connectivity index (χ4n) is 1.36. The third kappa shape index (κ3) is 2.42. The fraction of sp³-hybridized carbons (Fsp3) is 0.333. The van der Waals surface area contributed by atoms with E-state index in [0.717, 1.165) is 0 Å². The summed E-state index contributed by atoms with van der Waals surface area (Å²) in [7, 11) is 0. The SMILES string of the molecule is CC(C)(C)C(=O)C1=Nc2ccc(Cl)cc2ON1. The monoisotopic (exact) mass is 252 g/mol. The number of hydrogen-bond acceptors (Lipinski definition) is 4. The predicted octanol–water partition coefficient (Wildman–Crippen LogP) is 2.88. The third-order valence-corrected chi connectivity index (χ3v) is 2.54. The van der Waals surface area contributed by atoms with E-state index in [9.17, 15) is 4.79 Å². The van der Waals surface area contributed by atoms with Crippen LogP contribution in [0.1, 0.15) is 20.8 Å². The molecular formula is C12H13ClN2O2. The minimum absolute atomic E-state index is 0.0990. The number of halogens is 1. The van der Waals surface area contributed by atoms with Gasteiger partial charge in [-0.1, -0.05) is 32.4 Å². The summed E-state index contributed by atoms with van der Waals surface area (Å²) in [6.07, 6.45) is 0. The maximum atomic E-state index is 12.0. The van der Waals surface area contributed by atoms with Crippen LogP contribution >= 0.6 is 11.6 Å². The summed E-state index contributed by atoms with van der Waals surface area (Å²) in [5.74, 6) is 0.633. The molecule has 17 heavy (non-hydrogen) atoms. The van der Waals surface area contributed by atoms with E-state index in [0.29, 0.717) is 16.5 Å². The molecular weight excluding hydrogens is 240 g/mol. The van der Waals surface area contributed by atoms with Gasteiger partial charge in [0.2, 0.25) is 11.6 Å². The lowest BCUT2D eigenvalue weighted by molar-refractivity contribution is -0.120. The summed E-state index contributed by atoms with van der Waals surface area (Å²) in [4.78, 5) is 21.5. The van der Waals surface area contributed by atoms with Crippen LogP contribution in [0, 0.1) is 5.41 Å². The second kappa shape index (κ2) is 4.04. The van der Waals surface area contributed by atoms with Crippen molar-refractivity contribution in [3.05, 3.63) is 23.2 Å². The van der Waals surface area contributed by atoms with Crippen molar-refractivity contribution in [3.63, 3.8) is 0 Å². The Morgan fingerprint density at radius 3 is 2.76 bits per heavy atom. The molecule has 1 N–H and O–H groups in total. The molecule has 0 spiro atoms. The van der Waals surface area contributed by atoms with Crippen LogP contribution in [-0.4, -0.2) is 11.6 Å². The number of rotatable bonds is 1. The zero-order valence-corrected chi connectivity index (χ0v) is 10.6. The highest BCUT2D eigenvalue weighted by Gasteiger charge is 2.29. The summed E-state index contributed by atoms with van der Waals surface area (Å²) in [6.45, 7) is 5.49. The van der Waals surface area contributed by atoms with Crippen molar-refractivity contribution < 1.29 is 9.63 Å². The Balaban J connectivity index is 2.36. The first kappa shape index (κ1) is 11.9. The van der Waals surface area contributed by atoms with Crippen LogP contribution in [0.3, 0.4) is 0 Å². The van der Waals surface area contributed by atoms with Crippen LogP contribution in [0.25, 0.3) is 0 Å². The Bertz CT molecular complexity index is 504. The third-order valence-electron chi connectivity index (χ3n) is 2.31. The van der Waals surface area contributed by atoms with Gasteiger partial charge < -0.3 is 4.84 Å². The number of hydrogen-bond donors (Lipinski definition) is 1. The van der Waals surface area contributed by atoms with Crippen LogP contribution in [0.4, 0.5) is 5.69 Å². The summed E-state index contributed by atoms with van der Waals surface area (Å²) in [6, 6.07) is 5.07. The summed E-state index contributed by atoms with van der Waals surface area (Å²) in [5.41, 5.74) is 2.65. The number of hydroxylamine groups is 1. The van der Waals surface area contributed by atoms with Crippen molar-refractivity contribution >= 4 is 28.9 Å². The molecule has 0 amide bonds. The molecule has 4 nitrogen and oxygen atoms in total. The Kier molecular flexibility index (Phi) is 2.83. The van der Waals surface area contributed by atoms with E-state index < -0.39 is 5.41 Å². The van der Waals surface area contributed by atoms with E-state index in [-0.39, 0.29) is 11.6 Å². The van der Waals surface area contributed by atoms with Gasteiger partial charge in [0.05, 0.1) is 0 Å². The number of nitrogens with zero attached hydrogens (tertiary/aromatic N) is 1. The Hall–Kier alpha value is -1.55. The lowest BCUT2D eigenvalue weighted by Crippen LogP contribution is -2.41. The van der Waals surface area contributed by atoms with Gasteiger partial charge in [-0.25, -0.2) is 10.5 Å². The second-order valence-corrected chi connectivity index (χ2v) is 5.29. The van der Waals surface area contributed by atoms with Crippen LogP contribution in [0.2, 0.25) is 5.02 Å². The van der Waals surface area contributed by atoms with E-state index in [1.165, 1.54) is 0 Å². The van der Waals surface area contributed by atoms with Gasteiger partial charge in [0.1, 0.15) is 5.69 Å². The predicted molar refractivity (Wildman–Crippen MR) is 66.8 cm³/mol. The average Bonchev–Trinajstić information content (AvgIpc) is 2.26. The zero-order chi connectivity index (χ0) is 12.6. The first-order valence-corrected chi connectivity index (χ1v) is 5.61. The number of fused-ring (bicyclic) bond motifs is 1. The molecule has 1 aliphatic rings. The maximum absolute atomic E-state index is 12.0. The number of nitrogens with one attached hydrogen (secondary N) is 1. The lowest BCUT2D eigenvalue weighted by atomic mass is 9.90. The molecule has 0 bridgehead atoms. The van der Waals surface area contributed by atoms with Crippen molar-refractivity contribution in [3.8, 4) is 5.75 Å². The van der Waals surface area contributed by atoms with Gasteiger partial charge in [0.25, 0.3) is 0 Å². The highest BCUT2D eigenvalue weighted by molar-refractivity contribution is 6.41. The van der Waals surface area contributed by atoms with E-state index in [4.69, 9.17) is 16.4 Å². The number of aliphatic imine (C=N–C) groups is 1. The van der Waals surface area contributed by atoms with Gasteiger partial charge in [-0.15, -0.1) is 0 Å². The summed E-state index contributed by atoms with van der Waals surface area (Å²) >= 11 is 5.82. The number of amidine groups is 1. The lowest BCUT2D eigenvalue weighted by Gasteiger charge is -2.22. The molecule has 1 aromatic carbocycles. The Morgan fingerprint density at radius 2 is 2.12 bits per heavy atom. The Morgan fingerprint density at radius 1 is 1.41 bits per heavy atom. The van der Waals surface area contributed by atoms with Crippen LogP contribution in [0.15, 0.2) is 23.2 Å². The number of carbonyl (C=O) groups excluding carboxylic acids is 1. The van der Waals surface area contributed by atoms with Gasteiger partial charge in [-0.05, 0) is 12.1 Å². The van der Waals surface area contributed by atoms with Gasteiger partial charge in [-0.2, -0.15) is 0 Å².